The van der Waals surface area contributed by atoms with Crippen LogP contribution < -0.4 is 10.6 Å². The summed E-state index contributed by atoms with van der Waals surface area (Å²) in [6.07, 6.45) is -7.30. The number of fused-ring (bicyclic) bond motifs is 3. The number of thioether (sulfide) groups is 1. The minimum atomic E-state index is -4.70. The van der Waals surface area contributed by atoms with Crippen LogP contribution in [0.3, 0.4) is 0 Å². The fourth-order valence-corrected chi connectivity index (χ4v) is 3.86. The van der Waals surface area contributed by atoms with Gasteiger partial charge in [0.25, 0.3) is 0 Å². The lowest BCUT2D eigenvalue weighted by atomic mass is 9.96. The van der Waals surface area contributed by atoms with Gasteiger partial charge in [-0.2, -0.15) is 26.3 Å². The Balaban J connectivity index is 0.000000252. The molecule has 2 aromatic rings. The van der Waals surface area contributed by atoms with E-state index in [1.165, 1.54) is 21.2 Å². The van der Waals surface area contributed by atoms with Crippen molar-refractivity contribution in [2.75, 3.05) is 30.9 Å². The van der Waals surface area contributed by atoms with Gasteiger partial charge in [0.1, 0.15) is 13.2 Å². The van der Waals surface area contributed by atoms with Crippen molar-refractivity contribution in [2.45, 2.75) is 30.1 Å². The van der Waals surface area contributed by atoms with Gasteiger partial charge in [-0.05, 0) is 34.7 Å². The number of hydrogen-bond acceptors (Lipinski definition) is 3. The molecular formula is C19H21F6N3OS. The highest BCUT2D eigenvalue weighted by molar-refractivity contribution is 7.98. The molecule has 0 aromatic heterocycles. The maximum absolute atomic E-state index is 11.1. The van der Waals surface area contributed by atoms with Crippen molar-refractivity contribution < 1.29 is 31.1 Å². The third-order valence-corrected chi connectivity index (χ3v) is 5.12. The summed E-state index contributed by atoms with van der Waals surface area (Å²) in [6, 6.07) is 10.7. The number of hydrogen-bond donors (Lipinski definition) is 2. The van der Waals surface area contributed by atoms with Gasteiger partial charge in [-0.3, -0.25) is 5.41 Å². The van der Waals surface area contributed by atoms with E-state index < -0.39 is 25.6 Å². The van der Waals surface area contributed by atoms with E-state index in [-0.39, 0.29) is 5.96 Å². The van der Waals surface area contributed by atoms with Crippen LogP contribution in [-0.4, -0.2) is 44.3 Å². The molecule has 30 heavy (non-hydrogen) atoms. The van der Waals surface area contributed by atoms with Crippen LogP contribution >= 0.6 is 11.8 Å². The summed E-state index contributed by atoms with van der Waals surface area (Å²) < 4.78 is 70.1. The number of anilines is 1. The zero-order valence-electron chi connectivity index (χ0n) is 16.2. The zero-order valence-corrected chi connectivity index (χ0v) is 17.0. The first kappa shape index (κ1) is 24.1. The summed E-state index contributed by atoms with van der Waals surface area (Å²) in [6.45, 7) is -0.737. The largest absolute Gasteiger partial charge is 0.411 e. The van der Waals surface area contributed by atoms with E-state index in [1.807, 2.05) is 4.90 Å². The molecule has 11 heteroatoms. The molecule has 0 spiro atoms. The number of nitrogens with two attached hydrogens (primary N) is 1. The summed E-state index contributed by atoms with van der Waals surface area (Å²) in [4.78, 5) is 3.19. The number of ether oxygens (including phenoxy) is 1. The third-order valence-electron chi connectivity index (χ3n) is 4.32. The zero-order chi connectivity index (χ0) is 22.7. The third kappa shape index (κ3) is 6.18. The Kier molecular flexibility index (Phi) is 7.51. The molecule has 1 aliphatic rings. The van der Waals surface area contributed by atoms with Crippen molar-refractivity contribution in [3.8, 4) is 0 Å². The lowest BCUT2D eigenvalue weighted by molar-refractivity contribution is -0.219. The lowest BCUT2D eigenvalue weighted by Gasteiger charge is -2.17. The SMILES string of the molecule is CSc1cccc2c3c(ccc12)N(C(=N)N)CC3C.FC(F)(F)COCC(F)(F)F. The van der Waals surface area contributed by atoms with Crippen molar-refractivity contribution >= 4 is 34.2 Å². The van der Waals surface area contributed by atoms with Crippen molar-refractivity contribution in [2.24, 2.45) is 5.73 Å². The predicted molar refractivity (Wildman–Crippen MR) is 106 cm³/mol. The Morgan fingerprint density at radius 1 is 1.10 bits per heavy atom. The van der Waals surface area contributed by atoms with E-state index in [4.69, 9.17) is 11.1 Å². The first-order chi connectivity index (χ1) is 13.8. The van der Waals surface area contributed by atoms with E-state index in [1.54, 1.807) is 11.8 Å². The average molecular weight is 453 g/mol. The maximum atomic E-state index is 11.1. The van der Waals surface area contributed by atoms with Gasteiger partial charge in [0, 0.05) is 23.0 Å². The Hall–Kier alpha value is -2.14. The Labute approximate surface area is 173 Å². The fraction of sp³-hybridized carbons (Fsp3) is 0.421. The summed E-state index contributed by atoms with van der Waals surface area (Å²) >= 11 is 1.77. The molecule has 1 aliphatic heterocycles. The monoisotopic (exact) mass is 453 g/mol. The van der Waals surface area contributed by atoms with Crippen LogP contribution in [-0.2, 0) is 4.74 Å². The highest BCUT2D eigenvalue weighted by Gasteiger charge is 2.33. The minimum Gasteiger partial charge on any atom is -0.370 e. The molecule has 2 aromatic carbocycles. The van der Waals surface area contributed by atoms with E-state index in [9.17, 15) is 26.3 Å². The minimum absolute atomic E-state index is 0.131. The molecule has 3 rings (SSSR count). The Bertz CT molecular complexity index is 886. The lowest BCUT2D eigenvalue weighted by Crippen LogP contribution is -2.35. The first-order valence-electron chi connectivity index (χ1n) is 8.76. The van der Waals surface area contributed by atoms with Crippen LogP contribution in [0, 0.1) is 5.41 Å². The second-order valence-corrected chi connectivity index (χ2v) is 7.52. The summed E-state index contributed by atoms with van der Waals surface area (Å²) in [5.74, 6) is 0.533. The van der Waals surface area contributed by atoms with Crippen LogP contribution in [0.2, 0.25) is 0 Å². The molecule has 4 nitrogen and oxygen atoms in total. The quantitative estimate of drug-likeness (QED) is 0.279. The van der Waals surface area contributed by atoms with E-state index in [0.717, 1.165) is 12.2 Å². The molecule has 1 atom stereocenters. The van der Waals surface area contributed by atoms with Gasteiger partial charge in [0.05, 0.1) is 0 Å². The van der Waals surface area contributed by atoms with Gasteiger partial charge < -0.3 is 15.4 Å². The highest BCUT2D eigenvalue weighted by Crippen LogP contribution is 2.42. The van der Waals surface area contributed by atoms with Gasteiger partial charge >= 0.3 is 12.4 Å². The smallest absolute Gasteiger partial charge is 0.370 e. The van der Waals surface area contributed by atoms with Crippen molar-refractivity contribution in [1.29, 1.82) is 5.41 Å². The molecular weight excluding hydrogens is 432 g/mol. The second-order valence-electron chi connectivity index (χ2n) is 6.67. The molecule has 0 fully saturated rings. The van der Waals surface area contributed by atoms with E-state index in [0.29, 0.717) is 5.92 Å². The maximum Gasteiger partial charge on any atom is 0.411 e. The van der Waals surface area contributed by atoms with Crippen LogP contribution in [0.5, 0.6) is 0 Å². The topological polar surface area (TPSA) is 62.3 Å². The van der Waals surface area contributed by atoms with E-state index in [2.05, 4.69) is 48.2 Å². The molecule has 0 bridgehead atoms. The normalized spacial score (nSPS) is 16.3. The predicted octanol–water partition coefficient (Wildman–Crippen LogP) is 5.51. The van der Waals surface area contributed by atoms with Gasteiger partial charge in [0.15, 0.2) is 5.96 Å². The number of benzene rings is 2. The number of guanidine groups is 1. The molecule has 1 heterocycles. The number of nitrogens with zero attached hydrogens (tertiary/aromatic N) is 1. The molecule has 0 radical (unpaired) electrons. The van der Waals surface area contributed by atoms with Crippen molar-refractivity contribution in [1.82, 2.24) is 0 Å². The number of halogens is 6. The highest BCUT2D eigenvalue weighted by atomic mass is 32.2. The standard InChI is InChI=1S/C15H17N3S.C4H4F6O/c1-9-8-18(15(16)17)12-7-6-10-11(14(9)12)4-3-5-13(10)19-2;5-3(6,7)1-11-2-4(8,9)10/h3-7,9H,8H2,1-2H3,(H3,16,17);1-2H2. The average Bonchev–Trinajstić information content (AvgIpc) is 2.97. The number of nitrogens with one attached hydrogen (secondary N) is 1. The molecule has 0 saturated heterocycles. The Morgan fingerprint density at radius 3 is 2.20 bits per heavy atom. The van der Waals surface area contributed by atoms with Crippen LogP contribution in [0.1, 0.15) is 18.4 Å². The summed E-state index contributed by atoms with van der Waals surface area (Å²) in [7, 11) is 0. The molecule has 1 unspecified atom stereocenters. The van der Waals surface area contributed by atoms with Crippen LogP contribution in [0.4, 0.5) is 32.0 Å². The first-order valence-corrected chi connectivity index (χ1v) is 9.99. The molecule has 3 N–H and O–H groups in total. The fourth-order valence-electron chi connectivity index (χ4n) is 3.25. The number of rotatable bonds is 3. The van der Waals surface area contributed by atoms with Gasteiger partial charge in [-0.25, -0.2) is 0 Å². The molecule has 0 aliphatic carbocycles. The van der Waals surface area contributed by atoms with Gasteiger partial charge in [-0.15, -0.1) is 11.8 Å². The van der Waals surface area contributed by atoms with Gasteiger partial charge in [-0.1, -0.05) is 25.1 Å². The molecule has 0 amide bonds. The number of alkyl halides is 6. The Morgan fingerprint density at radius 2 is 1.70 bits per heavy atom. The summed E-state index contributed by atoms with van der Waals surface area (Å²) in [5.41, 5.74) is 8.09. The van der Waals surface area contributed by atoms with Crippen molar-refractivity contribution in [3.05, 3.63) is 35.9 Å². The van der Waals surface area contributed by atoms with Crippen molar-refractivity contribution in [3.63, 3.8) is 0 Å². The molecule has 0 saturated carbocycles. The van der Waals surface area contributed by atoms with Crippen LogP contribution in [0.25, 0.3) is 10.8 Å². The van der Waals surface area contributed by atoms with E-state index >= 15 is 0 Å². The van der Waals surface area contributed by atoms with Gasteiger partial charge in [0.2, 0.25) is 0 Å². The van der Waals surface area contributed by atoms with Crippen LogP contribution in [0.15, 0.2) is 35.2 Å². The second kappa shape index (κ2) is 9.34. The summed E-state index contributed by atoms with van der Waals surface area (Å²) in [5, 5.41) is 10.3. The molecule has 166 valence electrons.